The smallest absolute Gasteiger partial charge is 0 e. The van der Waals surface area contributed by atoms with Crippen molar-refractivity contribution in [3.8, 4) is 0 Å². The minimum absolute atomic E-state index is 0. The minimum atomic E-state index is 0. The standard InChI is InChI=1S/C5H9O.Y/c1-4(2)5(3)6;/h4H,3H2,1-2H3;/q-1;. The van der Waals surface area contributed by atoms with E-state index in [1.807, 2.05) is 13.8 Å². The quantitative estimate of drug-likeness (QED) is 0.543. The molecule has 0 heterocycles. The number of Topliss-reactive ketones (excluding diaryl/α,β-unsaturated/α-hetero) is 1. The molecule has 0 saturated carbocycles. The summed E-state index contributed by atoms with van der Waals surface area (Å²) in [6, 6.07) is 0. The van der Waals surface area contributed by atoms with E-state index in [4.69, 9.17) is 0 Å². The zero-order valence-electron chi connectivity index (χ0n) is 4.77. The van der Waals surface area contributed by atoms with Crippen LogP contribution in [0.4, 0.5) is 0 Å². The molecule has 39 valence electrons. The molecule has 0 unspecified atom stereocenters. The van der Waals surface area contributed by atoms with Crippen LogP contribution in [0.15, 0.2) is 0 Å². The Morgan fingerprint density at radius 2 is 1.71 bits per heavy atom. The molecule has 0 aromatic heterocycles. The number of carbonyl (C=O) groups is 1. The molecule has 0 aromatic rings. The van der Waals surface area contributed by atoms with Gasteiger partial charge in [0.2, 0.25) is 0 Å². The Kier molecular flexibility index (Phi) is 7.26. The van der Waals surface area contributed by atoms with Crippen LogP contribution < -0.4 is 0 Å². The molecule has 0 fully saturated rings. The van der Waals surface area contributed by atoms with Crippen molar-refractivity contribution in [1.82, 2.24) is 0 Å². The van der Waals surface area contributed by atoms with Crippen molar-refractivity contribution in [2.45, 2.75) is 13.8 Å². The van der Waals surface area contributed by atoms with E-state index < -0.39 is 0 Å². The molecule has 0 atom stereocenters. The Morgan fingerprint density at radius 1 is 1.57 bits per heavy atom. The van der Waals surface area contributed by atoms with E-state index >= 15 is 0 Å². The number of ketones is 1. The van der Waals surface area contributed by atoms with E-state index in [0.29, 0.717) is 0 Å². The minimum Gasteiger partial charge on any atom is -0.339 e. The summed E-state index contributed by atoms with van der Waals surface area (Å²) in [5.74, 6) is 0.111. The van der Waals surface area contributed by atoms with E-state index in [1.165, 1.54) is 0 Å². The van der Waals surface area contributed by atoms with Crippen LogP contribution in [0.1, 0.15) is 13.8 Å². The second kappa shape index (κ2) is 4.79. The van der Waals surface area contributed by atoms with Gasteiger partial charge in [0.15, 0.2) is 0 Å². The van der Waals surface area contributed by atoms with Crippen LogP contribution in [0.3, 0.4) is 0 Å². The van der Waals surface area contributed by atoms with Gasteiger partial charge in [0, 0.05) is 32.7 Å². The predicted octanol–water partition coefficient (Wildman–Crippen LogP) is 1.04. The van der Waals surface area contributed by atoms with Gasteiger partial charge in [-0.3, -0.25) is 0 Å². The van der Waals surface area contributed by atoms with Gasteiger partial charge in [0.25, 0.3) is 0 Å². The topological polar surface area (TPSA) is 17.1 Å². The summed E-state index contributed by atoms with van der Waals surface area (Å²) in [4.78, 5) is 10.0. The van der Waals surface area contributed by atoms with E-state index in [-0.39, 0.29) is 44.4 Å². The molecule has 0 aliphatic carbocycles. The molecule has 0 saturated heterocycles. The van der Waals surface area contributed by atoms with Crippen LogP contribution >= 0.6 is 0 Å². The fourth-order valence-corrected chi connectivity index (χ4v) is 0. The molecule has 0 N–H and O–H groups in total. The molecule has 0 aliphatic rings. The van der Waals surface area contributed by atoms with Crippen LogP contribution in [-0.2, 0) is 37.5 Å². The molecule has 2 heteroatoms. The molecule has 0 rings (SSSR count). The van der Waals surface area contributed by atoms with Gasteiger partial charge in [-0.1, -0.05) is 13.8 Å². The van der Waals surface area contributed by atoms with Crippen molar-refractivity contribution in [3.05, 3.63) is 6.92 Å². The maximum atomic E-state index is 10.0. The second-order valence-electron chi connectivity index (χ2n) is 1.62. The third-order valence-electron chi connectivity index (χ3n) is 0.644. The van der Waals surface area contributed by atoms with Crippen LogP contribution in [0, 0.1) is 12.8 Å². The number of hydrogen-bond donors (Lipinski definition) is 0. The Bertz CT molecular complexity index is 59.1. The van der Waals surface area contributed by atoms with Crippen molar-refractivity contribution in [2.24, 2.45) is 5.92 Å². The predicted molar refractivity (Wildman–Crippen MR) is 25.2 cm³/mol. The van der Waals surface area contributed by atoms with Gasteiger partial charge in [-0.05, 0) is 11.7 Å². The summed E-state index contributed by atoms with van der Waals surface area (Å²) in [5, 5.41) is 0. The maximum absolute atomic E-state index is 10.0. The first-order valence-electron chi connectivity index (χ1n) is 2.00. The summed E-state index contributed by atoms with van der Waals surface area (Å²) in [6.45, 7) is 6.86. The summed E-state index contributed by atoms with van der Waals surface area (Å²) in [6.07, 6.45) is 0. The van der Waals surface area contributed by atoms with Crippen LogP contribution in [-0.4, -0.2) is 5.78 Å². The van der Waals surface area contributed by atoms with Crippen molar-refractivity contribution in [2.75, 3.05) is 0 Å². The van der Waals surface area contributed by atoms with Crippen LogP contribution in [0.2, 0.25) is 0 Å². The first-order valence-corrected chi connectivity index (χ1v) is 2.00. The molecule has 1 nitrogen and oxygen atoms in total. The molecule has 0 aliphatic heterocycles. The largest absolute Gasteiger partial charge is 0.339 e. The van der Waals surface area contributed by atoms with E-state index in [2.05, 4.69) is 6.92 Å². The number of rotatable bonds is 1. The van der Waals surface area contributed by atoms with Gasteiger partial charge in [-0.2, -0.15) is 0 Å². The van der Waals surface area contributed by atoms with Gasteiger partial charge >= 0.3 is 0 Å². The Morgan fingerprint density at radius 3 is 1.71 bits per heavy atom. The van der Waals surface area contributed by atoms with Crippen LogP contribution in [0.25, 0.3) is 0 Å². The molecule has 1 radical (unpaired) electrons. The van der Waals surface area contributed by atoms with Crippen molar-refractivity contribution in [3.63, 3.8) is 0 Å². The van der Waals surface area contributed by atoms with Gasteiger partial charge < -0.3 is 11.7 Å². The fourth-order valence-electron chi connectivity index (χ4n) is 0. The van der Waals surface area contributed by atoms with Gasteiger partial charge in [-0.25, -0.2) is 0 Å². The number of hydrogen-bond acceptors (Lipinski definition) is 1. The first kappa shape index (κ1) is 10.6. The van der Waals surface area contributed by atoms with Crippen molar-refractivity contribution in [1.29, 1.82) is 0 Å². The molecular formula is C5H9OY-. The van der Waals surface area contributed by atoms with Gasteiger partial charge in [-0.15, -0.1) is 0 Å². The zero-order chi connectivity index (χ0) is 5.15. The Balaban J connectivity index is 0. The summed E-state index contributed by atoms with van der Waals surface area (Å²) >= 11 is 0. The molecule has 0 aromatic carbocycles. The first-order chi connectivity index (χ1) is 2.64. The molecule has 0 amide bonds. The molecule has 7 heavy (non-hydrogen) atoms. The molecular weight excluding hydrogens is 165 g/mol. The van der Waals surface area contributed by atoms with Gasteiger partial charge in [0.05, 0.1) is 0 Å². The third-order valence-corrected chi connectivity index (χ3v) is 0.644. The third kappa shape index (κ3) is 6.64. The summed E-state index contributed by atoms with van der Waals surface area (Å²) in [7, 11) is 0. The average Bonchev–Trinajstić information content (AvgIpc) is 1.36. The normalized spacial score (nSPS) is 7.86. The molecule has 0 bridgehead atoms. The van der Waals surface area contributed by atoms with E-state index in [9.17, 15) is 4.79 Å². The zero-order valence-corrected chi connectivity index (χ0v) is 7.61. The Hall–Kier alpha value is 0.644. The summed E-state index contributed by atoms with van der Waals surface area (Å²) in [5.41, 5.74) is 0. The fraction of sp³-hybridized carbons (Fsp3) is 0.600. The average molecular weight is 174 g/mol. The van der Waals surface area contributed by atoms with Crippen LogP contribution in [0.5, 0.6) is 0 Å². The van der Waals surface area contributed by atoms with E-state index in [1.54, 1.807) is 0 Å². The van der Waals surface area contributed by atoms with Crippen molar-refractivity contribution >= 4 is 5.78 Å². The molecule has 0 spiro atoms. The Labute approximate surface area is 69.7 Å². The number of carbonyl (C=O) groups excluding carboxylic acids is 1. The SMILES string of the molecule is [CH2-]C(=O)C(C)C.[Y]. The monoisotopic (exact) mass is 174 g/mol. The summed E-state index contributed by atoms with van der Waals surface area (Å²) < 4.78 is 0. The van der Waals surface area contributed by atoms with Gasteiger partial charge in [0.1, 0.15) is 0 Å². The maximum Gasteiger partial charge on any atom is 0 e. The van der Waals surface area contributed by atoms with E-state index in [0.717, 1.165) is 0 Å². The van der Waals surface area contributed by atoms with Crippen molar-refractivity contribution < 1.29 is 37.5 Å². The second-order valence-corrected chi connectivity index (χ2v) is 1.62.